The van der Waals surface area contributed by atoms with E-state index in [-0.39, 0.29) is 11.8 Å². The molecule has 3 rings (SSSR count). The van der Waals surface area contributed by atoms with Gasteiger partial charge in [0, 0.05) is 18.0 Å². The molecule has 0 aromatic carbocycles. The molecule has 0 amide bonds. The molecule has 3 heterocycles. The van der Waals surface area contributed by atoms with Crippen molar-refractivity contribution in [2.45, 2.75) is 0 Å². The van der Waals surface area contributed by atoms with E-state index in [4.69, 9.17) is 11.5 Å². The molecule has 7 heteroatoms. The molecule has 0 saturated carbocycles. The van der Waals surface area contributed by atoms with E-state index in [1.807, 2.05) is 12.1 Å². The molecule has 0 aliphatic rings. The quantitative estimate of drug-likeness (QED) is 0.559. The third-order valence-electron chi connectivity index (χ3n) is 2.39. The normalized spacial score (nSPS) is 10.8. The van der Waals surface area contributed by atoms with E-state index in [1.165, 1.54) is 0 Å². The SMILES string of the molecule is Nc1nc(N)c2ncc(-c3ccn[nH]3)cc2n1. The van der Waals surface area contributed by atoms with E-state index >= 15 is 0 Å². The zero-order valence-electron chi connectivity index (χ0n) is 8.75. The number of fused-ring (bicyclic) bond motifs is 1. The molecule has 0 bridgehead atoms. The molecule has 0 aliphatic heterocycles. The zero-order valence-corrected chi connectivity index (χ0v) is 8.75. The van der Waals surface area contributed by atoms with Gasteiger partial charge in [-0.25, -0.2) is 9.97 Å². The predicted octanol–water partition coefficient (Wildman–Crippen LogP) is 0.579. The zero-order chi connectivity index (χ0) is 11.8. The van der Waals surface area contributed by atoms with E-state index in [9.17, 15) is 0 Å². The number of nitrogens with two attached hydrogens (primary N) is 2. The van der Waals surface area contributed by atoms with E-state index in [0.717, 1.165) is 11.3 Å². The first kappa shape index (κ1) is 9.52. The molecular weight excluding hydrogens is 218 g/mol. The summed E-state index contributed by atoms with van der Waals surface area (Å²) in [5, 5.41) is 6.73. The van der Waals surface area contributed by atoms with Gasteiger partial charge < -0.3 is 11.5 Å². The van der Waals surface area contributed by atoms with Crippen LogP contribution in [0.4, 0.5) is 11.8 Å². The molecule has 0 saturated heterocycles. The minimum atomic E-state index is 0.138. The average molecular weight is 227 g/mol. The minimum Gasteiger partial charge on any atom is -0.382 e. The Labute approximate surface area is 95.9 Å². The van der Waals surface area contributed by atoms with Crippen LogP contribution in [0, 0.1) is 0 Å². The van der Waals surface area contributed by atoms with Crippen molar-refractivity contribution < 1.29 is 0 Å². The van der Waals surface area contributed by atoms with Crippen molar-refractivity contribution in [1.82, 2.24) is 25.1 Å². The van der Waals surface area contributed by atoms with Gasteiger partial charge in [0.2, 0.25) is 5.95 Å². The molecule has 3 aromatic heterocycles. The van der Waals surface area contributed by atoms with Crippen LogP contribution >= 0.6 is 0 Å². The second kappa shape index (κ2) is 3.41. The van der Waals surface area contributed by atoms with Crippen molar-refractivity contribution in [3.63, 3.8) is 0 Å². The summed E-state index contributed by atoms with van der Waals surface area (Å²) in [6.07, 6.45) is 3.36. The van der Waals surface area contributed by atoms with Gasteiger partial charge in [0.1, 0.15) is 5.52 Å². The fourth-order valence-electron chi connectivity index (χ4n) is 1.62. The lowest BCUT2D eigenvalue weighted by atomic mass is 10.2. The second-order valence-electron chi connectivity index (χ2n) is 3.53. The molecule has 0 unspecified atom stereocenters. The molecule has 7 nitrogen and oxygen atoms in total. The van der Waals surface area contributed by atoms with Crippen molar-refractivity contribution in [3.05, 3.63) is 24.5 Å². The molecule has 17 heavy (non-hydrogen) atoms. The monoisotopic (exact) mass is 227 g/mol. The summed E-state index contributed by atoms with van der Waals surface area (Å²) in [5.74, 6) is 0.419. The molecule has 5 N–H and O–H groups in total. The van der Waals surface area contributed by atoms with Gasteiger partial charge in [-0.15, -0.1) is 0 Å². The molecule has 0 fully saturated rings. The summed E-state index contributed by atoms with van der Waals surface area (Å²) >= 11 is 0. The lowest BCUT2D eigenvalue weighted by Crippen LogP contribution is -2.01. The number of nitrogens with zero attached hydrogens (tertiary/aromatic N) is 4. The fourth-order valence-corrected chi connectivity index (χ4v) is 1.62. The highest BCUT2D eigenvalue weighted by Gasteiger charge is 2.07. The Morgan fingerprint density at radius 2 is 2.06 bits per heavy atom. The Hall–Kier alpha value is -2.70. The van der Waals surface area contributed by atoms with Gasteiger partial charge >= 0.3 is 0 Å². The van der Waals surface area contributed by atoms with Gasteiger partial charge in [-0.1, -0.05) is 0 Å². The highest BCUT2D eigenvalue weighted by atomic mass is 15.1. The summed E-state index contributed by atoms with van der Waals surface area (Å²) < 4.78 is 0. The lowest BCUT2D eigenvalue weighted by Gasteiger charge is -2.03. The topological polar surface area (TPSA) is 119 Å². The van der Waals surface area contributed by atoms with E-state index in [0.29, 0.717) is 11.0 Å². The van der Waals surface area contributed by atoms with Crippen LogP contribution in [0.15, 0.2) is 24.5 Å². The Bertz CT molecular complexity index is 674. The number of hydrogen-bond acceptors (Lipinski definition) is 6. The molecule has 3 aromatic rings. The maximum absolute atomic E-state index is 5.71. The van der Waals surface area contributed by atoms with Crippen molar-refractivity contribution in [2.24, 2.45) is 0 Å². The maximum atomic E-state index is 5.71. The fraction of sp³-hybridized carbons (Fsp3) is 0. The molecule has 84 valence electrons. The minimum absolute atomic E-state index is 0.138. The number of nitrogen functional groups attached to an aromatic ring is 2. The van der Waals surface area contributed by atoms with E-state index in [2.05, 4.69) is 25.1 Å². The van der Waals surface area contributed by atoms with Gasteiger partial charge in [-0.05, 0) is 12.1 Å². The largest absolute Gasteiger partial charge is 0.382 e. The first-order chi connectivity index (χ1) is 8.24. The molecule has 0 spiro atoms. The Kier molecular flexibility index (Phi) is 1.91. The number of H-pyrrole nitrogens is 1. The highest BCUT2D eigenvalue weighted by molar-refractivity contribution is 5.87. The summed E-state index contributed by atoms with van der Waals surface area (Å²) in [6.45, 7) is 0. The standard InChI is InChI=1S/C10H9N7/c11-9-8-7(15-10(12)16-9)3-5(4-13-8)6-1-2-14-17-6/h1-4H,(H,14,17)(H4,11,12,15,16). The average Bonchev–Trinajstić information content (AvgIpc) is 2.81. The number of anilines is 2. The van der Waals surface area contributed by atoms with Crippen molar-refractivity contribution >= 4 is 22.8 Å². The highest BCUT2D eigenvalue weighted by Crippen LogP contribution is 2.22. The number of pyridine rings is 1. The van der Waals surface area contributed by atoms with Crippen LogP contribution in [-0.4, -0.2) is 25.1 Å². The van der Waals surface area contributed by atoms with Crippen LogP contribution in [-0.2, 0) is 0 Å². The third-order valence-corrected chi connectivity index (χ3v) is 2.39. The summed E-state index contributed by atoms with van der Waals surface area (Å²) in [6, 6.07) is 3.68. The second-order valence-corrected chi connectivity index (χ2v) is 3.53. The number of aromatic amines is 1. The lowest BCUT2D eigenvalue weighted by molar-refractivity contribution is 1.09. The maximum Gasteiger partial charge on any atom is 0.222 e. The molecule has 0 aliphatic carbocycles. The van der Waals surface area contributed by atoms with Crippen LogP contribution in [0.2, 0.25) is 0 Å². The van der Waals surface area contributed by atoms with Crippen LogP contribution in [0.3, 0.4) is 0 Å². The molecular formula is C10H9N7. The van der Waals surface area contributed by atoms with Crippen LogP contribution in [0.25, 0.3) is 22.3 Å². The molecule has 0 radical (unpaired) electrons. The number of hydrogen-bond donors (Lipinski definition) is 3. The van der Waals surface area contributed by atoms with Gasteiger partial charge in [0.05, 0.1) is 11.2 Å². The Balaban J connectivity index is 2.26. The summed E-state index contributed by atoms with van der Waals surface area (Å²) in [7, 11) is 0. The van der Waals surface area contributed by atoms with E-state index < -0.39 is 0 Å². The van der Waals surface area contributed by atoms with Gasteiger partial charge in [-0.3, -0.25) is 5.10 Å². The van der Waals surface area contributed by atoms with Crippen molar-refractivity contribution in [2.75, 3.05) is 11.5 Å². The van der Waals surface area contributed by atoms with Crippen LogP contribution in [0.5, 0.6) is 0 Å². The number of aromatic nitrogens is 5. The number of nitrogens with one attached hydrogen (secondary N) is 1. The van der Waals surface area contributed by atoms with Gasteiger partial charge in [-0.2, -0.15) is 10.1 Å². The number of rotatable bonds is 1. The van der Waals surface area contributed by atoms with Crippen molar-refractivity contribution in [3.8, 4) is 11.3 Å². The smallest absolute Gasteiger partial charge is 0.222 e. The summed E-state index contributed by atoms with van der Waals surface area (Å²) in [4.78, 5) is 12.2. The van der Waals surface area contributed by atoms with E-state index in [1.54, 1.807) is 12.4 Å². The van der Waals surface area contributed by atoms with Gasteiger partial charge in [0.15, 0.2) is 5.82 Å². The van der Waals surface area contributed by atoms with Crippen LogP contribution < -0.4 is 11.5 Å². The summed E-state index contributed by atoms with van der Waals surface area (Å²) in [5.41, 5.74) is 14.1. The molecule has 0 atom stereocenters. The van der Waals surface area contributed by atoms with Gasteiger partial charge in [0.25, 0.3) is 0 Å². The first-order valence-electron chi connectivity index (χ1n) is 4.92. The Morgan fingerprint density at radius 3 is 2.82 bits per heavy atom. The Morgan fingerprint density at radius 1 is 1.18 bits per heavy atom. The predicted molar refractivity (Wildman–Crippen MR) is 63.7 cm³/mol. The van der Waals surface area contributed by atoms with Crippen molar-refractivity contribution in [1.29, 1.82) is 0 Å². The van der Waals surface area contributed by atoms with Crippen LogP contribution in [0.1, 0.15) is 0 Å². The third kappa shape index (κ3) is 1.53. The first-order valence-corrected chi connectivity index (χ1v) is 4.92.